The van der Waals surface area contributed by atoms with Crippen molar-refractivity contribution in [3.8, 4) is 0 Å². The lowest BCUT2D eigenvalue weighted by Crippen LogP contribution is -2.54. The Labute approximate surface area is 181 Å². The molecule has 8 nitrogen and oxygen atoms in total. The molecular formula is C19H27Cl2N5O3. The molecule has 3 N–H and O–H groups in total. The van der Waals surface area contributed by atoms with Crippen LogP contribution in [0.15, 0.2) is 29.1 Å². The van der Waals surface area contributed by atoms with E-state index in [1.54, 1.807) is 6.07 Å². The van der Waals surface area contributed by atoms with E-state index in [2.05, 4.69) is 25.5 Å². The first-order valence-corrected chi connectivity index (χ1v) is 9.52. The summed E-state index contributed by atoms with van der Waals surface area (Å²) in [6.07, 6.45) is 1.58. The third-order valence-electron chi connectivity index (χ3n) is 5.12. The first-order chi connectivity index (χ1) is 13.2. The number of ether oxygens (including phenoxy) is 1. The van der Waals surface area contributed by atoms with Crippen LogP contribution >= 0.6 is 24.8 Å². The van der Waals surface area contributed by atoms with E-state index in [-0.39, 0.29) is 42.3 Å². The predicted molar refractivity (Wildman–Crippen MR) is 116 cm³/mol. The molecule has 1 amide bonds. The number of rotatable bonds is 4. The van der Waals surface area contributed by atoms with Gasteiger partial charge in [-0.1, -0.05) is 12.1 Å². The molecule has 2 unspecified atom stereocenters. The Morgan fingerprint density at radius 3 is 2.93 bits per heavy atom. The van der Waals surface area contributed by atoms with Crippen molar-refractivity contribution in [3.05, 3.63) is 40.4 Å². The number of aromatic nitrogens is 2. The molecule has 2 aromatic rings. The first kappa shape index (κ1) is 23.6. The first-order valence-electron chi connectivity index (χ1n) is 9.52. The molecule has 10 heteroatoms. The van der Waals surface area contributed by atoms with Gasteiger partial charge in [0, 0.05) is 25.7 Å². The number of amides is 1. The van der Waals surface area contributed by atoms with E-state index in [4.69, 9.17) is 4.74 Å². The highest BCUT2D eigenvalue weighted by atomic mass is 35.5. The molecule has 2 aliphatic heterocycles. The minimum Gasteiger partial charge on any atom is -0.366 e. The number of morpholine rings is 1. The maximum Gasteiger partial charge on any atom is 0.258 e. The highest BCUT2D eigenvalue weighted by Crippen LogP contribution is 2.11. The van der Waals surface area contributed by atoms with Gasteiger partial charge in [0.2, 0.25) is 0 Å². The van der Waals surface area contributed by atoms with Gasteiger partial charge < -0.3 is 20.4 Å². The molecule has 0 radical (unpaired) electrons. The maximum absolute atomic E-state index is 12.5. The zero-order valence-corrected chi connectivity index (χ0v) is 17.7. The van der Waals surface area contributed by atoms with Gasteiger partial charge >= 0.3 is 0 Å². The van der Waals surface area contributed by atoms with Gasteiger partial charge in [0.15, 0.2) is 0 Å². The molecule has 1 aromatic carbocycles. The highest BCUT2D eigenvalue weighted by Gasteiger charge is 2.28. The van der Waals surface area contributed by atoms with Gasteiger partial charge in [-0.15, -0.1) is 24.8 Å². The average molecular weight is 444 g/mol. The fraction of sp³-hybridized carbons (Fsp3) is 0.526. The van der Waals surface area contributed by atoms with Crippen LogP contribution in [0.25, 0.3) is 10.9 Å². The van der Waals surface area contributed by atoms with Gasteiger partial charge in [-0.05, 0) is 31.5 Å². The van der Waals surface area contributed by atoms with Crippen molar-refractivity contribution in [1.29, 1.82) is 0 Å². The maximum atomic E-state index is 12.5. The number of halogens is 2. The molecular weight excluding hydrogens is 417 g/mol. The molecule has 4 rings (SSSR count). The Balaban J connectivity index is 0.00000150. The van der Waals surface area contributed by atoms with E-state index in [9.17, 15) is 9.59 Å². The Bertz CT molecular complexity index is 872. The van der Waals surface area contributed by atoms with Crippen LogP contribution in [0.4, 0.5) is 0 Å². The molecule has 3 heterocycles. The molecule has 160 valence electrons. The molecule has 1 aromatic heterocycles. The molecule has 2 saturated heterocycles. The topological polar surface area (TPSA) is 99.4 Å². The van der Waals surface area contributed by atoms with Crippen molar-refractivity contribution >= 4 is 41.6 Å². The van der Waals surface area contributed by atoms with Crippen molar-refractivity contribution in [2.24, 2.45) is 0 Å². The van der Waals surface area contributed by atoms with Gasteiger partial charge in [-0.2, -0.15) is 0 Å². The second-order valence-electron chi connectivity index (χ2n) is 7.18. The number of hydrogen-bond donors (Lipinski definition) is 3. The van der Waals surface area contributed by atoms with Crippen molar-refractivity contribution in [3.63, 3.8) is 0 Å². The van der Waals surface area contributed by atoms with E-state index in [1.807, 2.05) is 18.2 Å². The van der Waals surface area contributed by atoms with Crippen LogP contribution < -0.4 is 16.2 Å². The molecule has 2 atom stereocenters. The summed E-state index contributed by atoms with van der Waals surface area (Å²) in [7, 11) is 0. The standard InChI is InChI=1S/C19H25N5O3.2ClH/c25-18-14-5-1-2-6-15(14)22-17(23-18)12-24-8-9-27-16(11-24)19(26)21-13-4-3-7-20-10-13;;/h1-2,5-6,13,16,20H,3-4,7-12H2,(H,21,26)(H,22,23,25);2*1H. The number of hydrogen-bond acceptors (Lipinski definition) is 6. The normalized spacial score (nSPS) is 22.3. The van der Waals surface area contributed by atoms with Crippen molar-refractivity contribution < 1.29 is 9.53 Å². The average Bonchev–Trinajstić information content (AvgIpc) is 2.69. The molecule has 0 saturated carbocycles. The summed E-state index contributed by atoms with van der Waals surface area (Å²) in [5.74, 6) is 0.546. The van der Waals surface area contributed by atoms with Gasteiger partial charge in [0.05, 0.1) is 24.1 Å². The second-order valence-corrected chi connectivity index (χ2v) is 7.18. The summed E-state index contributed by atoms with van der Waals surface area (Å²) >= 11 is 0. The number of nitrogens with one attached hydrogen (secondary N) is 3. The molecule has 29 heavy (non-hydrogen) atoms. The van der Waals surface area contributed by atoms with Crippen molar-refractivity contribution in [2.45, 2.75) is 31.5 Å². The van der Waals surface area contributed by atoms with Crippen molar-refractivity contribution in [2.75, 3.05) is 32.8 Å². The van der Waals surface area contributed by atoms with Gasteiger partial charge in [0.25, 0.3) is 11.5 Å². The Morgan fingerprint density at radius 1 is 1.31 bits per heavy atom. The van der Waals surface area contributed by atoms with Gasteiger partial charge in [0.1, 0.15) is 11.9 Å². The summed E-state index contributed by atoms with van der Waals surface area (Å²) < 4.78 is 5.68. The molecule has 2 aliphatic rings. The fourth-order valence-corrected chi connectivity index (χ4v) is 3.70. The number of H-pyrrole nitrogens is 1. The summed E-state index contributed by atoms with van der Waals surface area (Å²) in [6, 6.07) is 7.46. The number of aromatic amines is 1. The van der Waals surface area contributed by atoms with E-state index < -0.39 is 6.10 Å². The van der Waals surface area contributed by atoms with Crippen LogP contribution in [0.2, 0.25) is 0 Å². The molecule has 0 spiro atoms. The third kappa shape index (κ3) is 5.90. The van der Waals surface area contributed by atoms with Crippen molar-refractivity contribution in [1.82, 2.24) is 25.5 Å². The minimum atomic E-state index is -0.493. The molecule has 2 fully saturated rings. The van der Waals surface area contributed by atoms with Gasteiger partial charge in [-0.3, -0.25) is 14.5 Å². The number of fused-ring (bicyclic) bond motifs is 1. The fourth-order valence-electron chi connectivity index (χ4n) is 3.70. The molecule has 0 aliphatic carbocycles. The van der Waals surface area contributed by atoms with E-state index in [0.717, 1.165) is 25.9 Å². The number of benzene rings is 1. The SMILES string of the molecule is Cl.Cl.O=C(NC1CCCNC1)C1CN(Cc2nc3ccccc3c(=O)[nH]2)CCO1. The number of piperidine rings is 1. The molecule has 0 bridgehead atoms. The largest absolute Gasteiger partial charge is 0.366 e. The van der Waals surface area contributed by atoms with Crippen LogP contribution in [-0.4, -0.2) is 65.7 Å². The second kappa shape index (κ2) is 10.9. The zero-order valence-electron chi connectivity index (χ0n) is 16.1. The van der Waals surface area contributed by atoms with E-state index in [0.29, 0.717) is 43.0 Å². The summed E-state index contributed by atoms with van der Waals surface area (Å²) in [4.78, 5) is 34.2. The van der Waals surface area contributed by atoms with E-state index >= 15 is 0 Å². The monoisotopic (exact) mass is 443 g/mol. The van der Waals surface area contributed by atoms with Crippen LogP contribution in [-0.2, 0) is 16.1 Å². The number of carbonyl (C=O) groups excluding carboxylic acids is 1. The van der Waals surface area contributed by atoms with Crippen LogP contribution in [0.3, 0.4) is 0 Å². The zero-order chi connectivity index (χ0) is 18.6. The smallest absolute Gasteiger partial charge is 0.258 e. The number of carbonyl (C=O) groups is 1. The number of nitrogens with zero attached hydrogens (tertiary/aromatic N) is 2. The van der Waals surface area contributed by atoms with Crippen LogP contribution in [0, 0.1) is 0 Å². The Hall–Kier alpha value is -1.71. The lowest BCUT2D eigenvalue weighted by molar-refractivity contribution is -0.139. The van der Waals surface area contributed by atoms with Crippen LogP contribution in [0.5, 0.6) is 0 Å². The Morgan fingerprint density at radius 2 is 2.14 bits per heavy atom. The summed E-state index contributed by atoms with van der Waals surface area (Å²) in [5.41, 5.74) is 0.548. The van der Waals surface area contributed by atoms with E-state index in [1.165, 1.54) is 0 Å². The highest BCUT2D eigenvalue weighted by molar-refractivity contribution is 5.85. The lowest BCUT2D eigenvalue weighted by Gasteiger charge is -2.33. The lowest BCUT2D eigenvalue weighted by atomic mass is 10.1. The minimum absolute atomic E-state index is 0. The van der Waals surface area contributed by atoms with Gasteiger partial charge in [-0.25, -0.2) is 4.98 Å². The quantitative estimate of drug-likeness (QED) is 0.647. The predicted octanol–water partition coefficient (Wildman–Crippen LogP) is 0.836. The van der Waals surface area contributed by atoms with Crippen LogP contribution in [0.1, 0.15) is 18.7 Å². The number of para-hydroxylation sites is 1. The third-order valence-corrected chi connectivity index (χ3v) is 5.12. The summed E-state index contributed by atoms with van der Waals surface area (Å²) in [5, 5.41) is 6.96. The summed E-state index contributed by atoms with van der Waals surface area (Å²) in [6.45, 7) is 3.98. The Kier molecular flexibility index (Phi) is 8.85.